The summed E-state index contributed by atoms with van der Waals surface area (Å²) in [6, 6.07) is 14.1. The number of aromatic nitrogens is 2. The number of nitrogens with zero attached hydrogens (tertiary/aromatic N) is 3. The zero-order valence-corrected chi connectivity index (χ0v) is 18.5. The third kappa shape index (κ3) is 4.56. The third-order valence-corrected chi connectivity index (χ3v) is 5.57. The molecule has 1 aromatic heterocycles. The lowest BCUT2D eigenvalue weighted by atomic mass is 9.93. The smallest absolute Gasteiger partial charge is 0.121 e. The van der Waals surface area contributed by atoms with Gasteiger partial charge >= 0.3 is 0 Å². The van der Waals surface area contributed by atoms with Crippen LogP contribution in [0, 0.1) is 0 Å². The van der Waals surface area contributed by atoms with E-state index >= 15 is 0 Å². The maximum Gasteiger partial charge on any atom is 0.121 e. The summed E-state index contributed by atoms with van der Waals surface area (Å²) in [5.74, 6) is 7.10. The van der Waals surface area contributed by atoms with Gasteiger partial charge in [-0.1, -0.05) is 18.2 Å². The molecule has 8 heteroatoms. The lowest BCUT2D eigenvalue weighted by Gasteiger charge is -2.22. The molecule has 3 aromatic rings. The zero-order valence-electron chi connectivity index (χ0n) is 18.5. The summed E-state index contributed by atoms with van der Waals surface area (Å²) in [6.07, 6.45) is 4.66. The predicted molar refractivity (Wildman–Crippen MR) is 126 cm³/mol. The first-order valence-corrected chi connectivity index (χ1v) is 10.7. The van der Waals surface area contributed by atoms with Crippen molar-refractivity contribution in [3.63, 3.8) is 0 Å². The van der Waals surface area contributed by atoms with Gasteiger partial charge in [-0.05, 0) is 42.7 Å². The van der Waals surface area contributed by atoms with Gasteiger partial charge in [0.2, 0.25) is 0 Å². The van der Waals surface area contributed by atoms with E-state index in [-0.39, 0.29) is 19.3 Å². The van der Waals surface area contributed by atoms with Crippen molar-refractivity contribution in [2.75, 3.05) is 25.1 Å². The predicted octanol–water partition coefficient (Wildman–Crippen LogP) is 2.84. The SMILES string of the molecule is C/C(N)=C1\c2ccc(-c3cnn(C)c3)cc2C(Nc2cccc(OCCO)c2)CCN1N. The molecule has 1 unspecified atom stereocenters. The molecule has 0 spiro atoms. The van der Waals surface area contributed by atoms with Crippen LogP contribution in [0.2, 0.25) is 0 Å². The lowest BCUT2D eigenvalue weighted by Crippen LogP contribution is -2.31. The van der Waals surface area contributed by atoms with E-state index in [2.05, 4.69) is 28.6 Å². The molecular weight excluding hydrogens is 404 g/mol. The van der Waals surface area contributed by atoms with Gasteiger partial charge in [-0.15, -0.1) is 0 Å². The number of fused-ring (bicyclic) bond motifs is 1. The normalized spacial score (nSPS) is 17.5. The molecule has 32 heavy (non-hydrogen) atoms. The summed E-state index contributed by atoms with van der Waals surface area (Å²) >= 11 is 0. The average Bonchev–Trinajstić information content (AvgIpc) is 3.16. The van der Waals surface area contributed by atoms with E-state index in [0.717, 1.165) is 40.1 Å². The molecule has 2 heterocycles. The molecule has 168 valence electrons. The average molecular weight is 435 g/mol. The summed E-state index contributed by atoms with van der Waals surface area (Å²) in [7, 11) is 1.91. The molecule has 4 rings (SSSR count). The van der Waals surface area contributed by atoms with E-state index in [0.29, 0.717) is 18.0 Å². The molecular formula is C24H30N6O2. The molecule has 0 fully saturated rings. The van der Waals surface area contributed by atoms with Gasteiger partial charge in [0.05, 0.1) is 24.5 Å². The van der Waals surface area contributed by atoms with Crippen molar-refractivity contribution >= 4 is 11.4 Å². The van der Waals surface area contributed by atoms with Gasteiger partial charge in [0, 0.05) is 48.4 Å². The Morgan fingerprint density at radius 3 is 2.81 bits per heavy atom. The van der Waals surface area contributed by atoms with Crippen molar-refractivity contribution < 1.29 is 9.84 Å². The van der Waals surface area contributed by atoms with Crippen molar-refractivity contribution in [2.24, 2.45) is 18.6 Å². The summed E-state index contributed by atoms with van der Waals surface area (Å²) in [4.78, 5) is 0. The van der Waals surface area contributed by atoms with E-state index < -0.39 is 0 Å². The summed E-state index contributed by atoms with van der Waals surface area (Å²) in [5.41, 5.74) is 13.0. The fourth-order valence-electron chi connectivity index (χ4n) is 4.14. The fraction of sp³-hybridized carbons (Fsp3) is 0.292. The monoisotopic (exact) mass is 434 g/mol. The van der Waals surface area contributed by atoms with Crippen LogP contribution in [0.5, 0.6) is 5.75 Å². The topological polar surface area (TPSA) is 115 Å². The minimum Gasteiger partial charge on any atom is -0.491 e. The number of anilines is 1. The highest BCUT2D eigenvalue weighted by atomic mass is 16.5. The number of nitrogens with one attached hydrogen (secondary N) is 1. The highest BCUT2D eigenvalue weighted by molar-refractivity contribution is 5.75. The lowest BCUT2D eigenvalue weighted by molar-refractivity contribution is 0.201. The Balaban J connectivity index is 1.75. The van der Waals surface area contributed by atoms with E-state index in [9.17, 15) is 0 Å². The van der Waals surface area contributed by atoms with Crippen molar-refractivity contribution in [1.82, 2.24) is 14.8 Å². The Labute approximate surface area is 188 Å². The van der Waals surface area contributed by atoms with Crippen LogP contribution in [0.4, 0.5) is 5.69 Å². The Bertz CT molecular complexity index is 1120. The molecule has 0 bridgehead atoms. The van der Waals surface area contributed by atoms with Crippen molar-refractivity contribution in [3.05, 3.63) is 71.7 Å². The van der Waals surface area contributed by atoms with Gasteiger partial charge in [-0.25, -0.2) is 5.84 Å². The number of hydrogen-bond donors (Lipinski definition) is 4. The van der Waals surface area contributed by atoms with Gasteiger partial charge in [-0.3, -0.25) is 4.68 Å². The third-order valence-electron chi connectivity index (χ3n) is 5.57. The van der Waals surface area contributed by atoms with E-state index in [1.165, 1.54) is 0 Å². The highest BCUT2D eigenvalue weighted by Crippen LogP contribution is 2.37. The van der Waals surface area contributed by atoms with Crippen LogP contribution in [0.15, 0.2) is 60.6 Å². The molecule has 1 atom stereocenters. The first-order chi connectivity index (χ1) is 15.5. The molecule has 1 aliphatic heterocycles. The van der Waals surface area contributed by atoms with E-state index in [1.54, 1.807) is 9.69 Å². The number of hydrogen-bond acceptors (Lipinski definition) is 7. The summed E-state index contributed by atoms with van der Waals surface area (Å²) in [6.45, 7) is 2.77. The number of hydrazine groups is 1. The number of aryl methyl sites for hydroxylation is 1. The highest BCUT2D eigenvalue weighted by Gasteiger charge is 2.26. The first-order valence-electron chi connectivity index (χ1n) is 10.7. The maximum atomic E-state index is 9.04. The maximum absolute atomic E-state index is 9.04. The standard InChI is InChI=1S/C24H30N6O2/c1-16(25)24-21-7-6-17(18-14-27-29(2)15-18)12-22(21)23(8-9-30(24)26)28-19-4-3-5-20(13-19)32-11-10-31/h3-7,12-15,23,28,31H,8-11,25-26H2,1-2H3/b24-16-. The number of ether oxygens (including phenoxy) is 1. The van der Waals surface area contributed by atoms with Crippen LogP contribution in [-0.2, 0) is 7.05 Å². The van der Waals surface area contributed by atoms with Crippen LogP contribution in [0.3, 0.4) is 0 Å². The number of allylic oxidation sites excluding steroid dienone is 1. The number of aliphatic hydroxyl groups is 1. The van der Waals surface area contributed by atoms with Gasteiger partial charge < -0.3 is 25.9 Å². The number of rotatable bonds is 6. The van der Waals surface area contributed by atoms with E-state index in [1.807, 2.05) is 50.6 Å². The Morgan fingerprint density at radius 2 is 2.09 bits per heavy atom. The minimum atomic E-state index is -0.0232. The molecule has 0 radical (unpaired) electrons. The second kappa shape index (κ2) is 9.33. The van der Waals surface area contributed by atoms with Crippen LogP contribution < -0.4 is 21.6 Å². The molecule has 0 saturated carbocycles. The van der Waals surface area contributed by atoms with Crippen LogP contribution in [-0.4, -0.2) is 39.7 Å². The second-order valence-electron chi connectivity index (χ2n) is 8.02. The minimum absolute atomic E-state index is 0.0117. The molecule has 0 saturated heterocycles. The largest absolute Gasteiger partial charge is 0.491 e. The quantitative estimate of drug-likeness (QED) is 0.441. The number of aliphatic hydroxyl groups excluding tert-OH is 1. The van der Waals surface area contributed by atoms with Crippen LogP contribution >= 0.6 is 0 Å². The Kier molecular flexibility index (Phi) is 6.34. The molecule has 0 aliphatic carbocycles. The zero-order chi connectivity index (χ0) is 22.7. The molecule has 6 N–H and O–H groups in total. The van der Waals surface area contributed by atoms with Crippen LogP contribution in [0.1, 0.15) is 30.5 Å². The van der Waals surface area contributed by atoms with Gasteiger partial charge in [0.25, 0.3) is 0 Å². The fourth-order valence-corrected chi connectivity index (χ4v) is 4.14. The van der Waals surface area contributed by atoms with E-state index in [4.69, 9.17) is 21.4 Å². The first kappa shape index (κ1) is 21.7. The van der Waals surface area contributed by atoms with Gasteiger partial charge in [0.15, 0.2) is 0 Å². The van der Waals surface area contributed by atoms with Crippen molar-refractivity contribution in [1.29, 1.82) is 0 Å². The van der Waals surface area contributed by atoms with Gasteiger partial charge in [-0.2, -0.15) is 5.10 Å². The van der Waals surface area contributed by atoms with Crippen molar-refractivity contribution in [2.45, 2.75) is 19.4 Å². The molecule has 0 amide bonds. The number of nitrogens with two attached hydrogens (primary N) is 2. The summed E-state index contributed by atoms with van der Waals surface area (Å²) < 4.78 is 7.37. The second-order valence-corrected chi connectivity index (χ2v) is 8.02. The molecule has 2 aromatic carbocycles. The Morgan fingerprint density at radius 1 is 1.25 bits per heavy atom. The molecule has 8 nitrogen and oxygen atoms in total. The van der Waals surface area contributed by atoms with Crippen LogP contribution in [0.25, 0.3) is 16.8 Å². The molecule has 1 aliphatic rings. The van der Waals surface area contributed by atoms with Crippen molar-refractivity contribution in [3.8, 4) is 16.9 Å². The Hall–Kier alpha value is -3.49. The number of benzene rings is 2. The summed E-state index contributed by atoms with van der Waals surface area (Å²) in [5, 5.41) is 18.7. The van der Waals surface area contributed by atoms with Gasteiger partial charge in [0.1, 0.15) is 12.4 Å².